The van der Waals surface area contributed by atoms with Gasteiger partial charge in [0, 0.05) is 5.69 Å². The number of hydrogen-bond donors (Lipinski definition) is 1. The zero-order chi connectivity index (χ0) is 15.9. The second-order valence-corrected chi connectivity index (χ2v) is 5.72. The van der Waals surface area contributed by atoms with Gasteiger partial charge in [0.1, 0.15) is 5.60 Å². The Bertz CT molecular complexity index is 559. The van der Waals surface area contributed by atoms with E-state index in [-0.39, 0.29) is 12.3 Å². The summed E-state index contributed by atoms with van der Waals surface area (Å²) >= 11 is 0. The number of rotatable bonds is 4. The van der Waals surface area contributed by atoms with Crippen molar-refractivity contribution in [2.24, 2.45) is 5.92 Å². The van der Waals surface area contributed by atoms with E-state index in [2.05, 4.69) is 11.4 Å². The molecule has 5 nitrogen and oxygen atoms in total. The third-order valence-corrected chi connectivity index (χ3v) is 2.60. The molecule has 0 radical (unpaired) electrons. The van der Waals surface area contributed by atoms with E-state index in [1.54, 1.807) is 32.9 Å². The average Bonchev–Trinajstić information content (AvgIpc) is 2.38. The van der Waals surface area contributed by atoms with Crippen molar-refractivity contribution in [3.05, 3.63) is 29.8 Å². The van der Waals surface area contributed by atoms with Crippen molar-refractivity contribution in [3.8, 4) is 12.1 Å². The fourth-order valence-electron chi connectivity index (χ4n) is 1.70. The minimum absolute atomic E-state index is 0.217. The quantitative estimate of drug-likeness (QED) is 0.915. The monoisotopic (exact) mass is 285 g/mol. The van der Waals surface area contributed by atoms with Gasteiger partial charge in [-0.25, -0.2) is 4.79 Å². The van der Waals surface area contributed by atoms with Crippen LogP contribution in [0, 0.1) is 28.6 Å². The molecule has 1 unspecified atom stereocenters. The number of nitrogens with one attached hydrogen (secondary N) is 1. The average molecular weight is 285 g/mol. The topological polar surface area (TPSA) is 85.9 Å². The second kappa shape index (κ2) is 7.31. The highest BCUT2D eigenvalue weighted by Gasteiger charge is 2.16. The number of nitrogens with zero attached hydrogens (tertiary/aromatic N) is 2. The zero-order valence-electron chi connectivity index (χ0n) is 12.5. The Hall–Kier alpha value is -2.53. The molecule has 0 bridgehead atoms. The van der Waals surface area contributed by atoms with Gasteiger partial charge in [-0.15, -0.1) is 0 Å². The first-order chi connectivity index (χ1) is 9.84. The number of carbonyl (C=O) groups is 1. The molecule has 1 rings (SSSR count). The van der Waals surface area contributed by atoms with Gasteiger partial charge in [0.05, 0.1) is 24.5 Å². The van der Waals surface area contributed by atoms with Crippen molar-refractivity contribution < 1.29 is 9.53 Å². The number of benzene rings is 1. The SMILES string of the molecule is CC(C)(C)OC(=O)Nc1ccc(CC(C#N)CC#N)cc1. The molecular weight excluding hydrogens is 266 g/mol. The van der Waals surface area contributed by atoms with Gasteiger partial charge in [-0.05, 0) is 44.9 Å². The van der Waals surface area contributed by atoms with Crippen LogP contribution in [0.4, 0.5) is 10.5 Å². The van der Waals surface area contributed by atoms with Crippen molar-refractivity contribution in [3.63, 3.8) is 0 Å². The molecule has 1 aromatic carbocycles. The molecule has 0 aliphatic heterocycles. The van der Waals surface area contributed by atoms with E-state index in [0.29, 0.717) is 12.1 Å². The summed E-state index contributed by atoms with van der Waals surface area (Å²) in [6, 6.07) is 11.3. The Labute approximate surface area is 125 Å². The van der Waals surface area contributed by atoms with Crippen molar-refractivity contribution in [2.75, 3.05) is 5.32 Å². The predicted molar refractivity (Wildman–Crippen MR) is 79.3 cm³/mol. The lowest BCUT2D eigenvalue weighted by Crippen LogP contribution is -2.27. The highest BCUT2D eigenvalue weighted by Crippen LogP contribution is 2.16. The smallest absolute Gasteiger partial charge is 0.412 e. The van der Waals surface area contributed by atoms with Crippen molar-refractivity contribution in [1.29, 1.82) is 10.5 Å². The van der Waals surface area contributed by atoms with E-state index in [0.717, 1.165) is 5.56 Å². The molecule has 0 spiro atoms. The van der Waals surface area contributed by atoms with Gasteiger partial charge in [-0.1, -0.05) is 12.1 Å². The first-order valence-corrected chi connectivity index (χ1v) is 6.69. The molecule has 0 aliphatic rings. The lowest BCUT2D eigenvalue weighted by molar-refractivity contribution is 0.0636. The third-order valence-electron chi connectivity index (χ3n) is 2.60. The summed E-state index contributed by atoms with van der Waals surface area (Å²) in [7, 11) is 0. The molecule has 0 aliphatic carbocycles. The zero-order valence-corrected chi connectivity index (χ0v) is 12.5. The lowest BCUT2D eigenvalue weighted by atomic mass is 9.98. The molecule has 1 amide bonds. The highest BCUT2D eigenvalue weighted by atomic mass is 16.6. The van der Waals surface area contributed by atoms with Crippen LogP contribution in [0.5, 0.6) is 0 Å². The predicted octanol–water partition coefficient (Wildman–Crippen LogP) is 3.63. The molecule has 1 atom stereocenters. The van der Waals surface area contributed by atoms with Gasteiger partial charge in [0.15, 0.2) is 0 Å². The van der Waals surface area contributed by atoms with Gasteiger partial charge >= 0.3 is 6.09 Å². The van der Waals surface area contributed by atoms with Crippen LogP contribution < -0.4 is 5.32 Å². The van der Waals surface area contributed by atoms with Gasteiger partial charge in [0.25, 0.3) is 0 Å². The van der Waals surface area contributed by atoms with Crippen LogP contribution in [0.25, 0.3) is 0 Å². The molecule has 0 saturated heterocycles. The van der Waals surface area contributed by atoms with Crippen LogP contribution in [0.15, 0.2) is 24.3 Å². The Kier molecular flexibility index (Phi) is 5.75. The van der Waals surface area contributed by atoms with Crippen LogP contribution in [-0.2, 0) is 11.2 Å². The Morgan fingerprint density at radius 3 is 2.38 bits per heavy atom. The molecule has 0 saturated carbocycles. The van der Waals surface area contributed by atoms with Crippen molar-refractivity contribution in [2.45, 2.75) is 39.2 Å². The molecular formula is C16H19N3O2. The molecule has 0 aromatic heterocycles. The first kappa shape index (κ1) is 16.5. The maximum absolute atomic E-state index is 11.6. The number of nitriles is 2. The normalized spacial score (nSPS) is 11.9. The van der Waals surface area contributed by atoms with Crippen LogP contribution in [0.3, 0.4) is 0 Å². The summed E-state index contributed by atoms with van der Waals surface area (Å²) in [4.78, 5) is 11.6. The second-order valence-electron chi connectivity index (χ2n) is 5.72. The summed E-state index contributed by atoms with van der Waals surface area (Å²) in [6.07, 6.45) is 0.236. The summed E-state index contributed by atoms with van der Waals surface area (Å²) in [6.45, 7) is 5.40. The molecule has 0 heterocycles. The van der Waals surface area contributed by atoms with Crippen LogP contribution >= 0.6 is 0 Å². The van der Waals surface area contributed by atoms with Gasteiger partial charge in [-0.2, -0.15) is 10.5 Å². The number of ether oxygens (including phenoxy) is 1. The molecule has 1 aromatic rings. The fraction of sp³-hybridized carbons (Fsp3) is 0.438. The van der Waals surface area contributed by atoms with E-state index < -0.39 is 11.7 Å². The number of carbonyl (C=O) groups excluding carboxylic acids is 1. The van der Waals surface area contributed by atoms with E-state index in [1.165, 1.54) is 0 Å². The number of amides is 1. The van der Waals surface area contributed by atoms with Crippen LogP contribution in [0.2, 0.25) is 0 Å². The maximum atomic E-state index is 11.6. The third kappa shape index (κ3) is 6.44. The number of hydrogen-bond acceptors (Lipinski definition) is 4. The van der Waals surface area contributed by atoms with Gasteiger partial charge in [0.2, 0.25) is 0 Å². The molecule has 5 heteroatoms. The molecule has 1 N–H and O–H groups in total. The van der Waals surface area contributed by atoms with Crippen molar-refractivity contribution in [1.82, 2.24) is 0 Å². The van der Waals surface area contributed by atoms with Gasteiger partial charge < -0.3 is 4.74 Å². The van der Waals surface area contributed by atoms with Crippen LogP contribution in [0.1, 0.15) is 32.8 Å². The van der Waals surface area contributed by atoms with E-state index in [9.17, 15) is 4.79 Å². The van der Waals surface area contributed by atoms with Crippen molar-refractivity contribution >= 4 is 11.8 Å². The highest BCUT2D eigenvalue weighted by molar-refractivity contribution is 5.84. The van der Waals surface area contributed by atoms with E-state index >= 15 is 0 Å². The largest absolute Gasteiger partial charge is 0.444 e. The maximum Gasteiger partial charge on any atom is 0.412 e. The minimum Gasteiger partial charge on any atom is -0.444 e. The van der Waals surface area contributed by atoms with Crippen LogP contribution in [-0.4, -0.2) is 11.7 Å². The summed E-state index contributed by atoms with van der Waals surface area (Å²) in [5.74, 6) is -0.306. The number of anilines is 1. The minimum atomic E-state index is -0.540. The molecule has 0 fully saturated rings. The van der Waals surface area contributed by atoms with Gasteiger partial charge in [-0.3, -0.25) is 5.32 Å². The Morgan fingerprint density at radius 1 is 1.29 bits per heavy atom. The summed E-state index contributed by atoms with van der Waals surface area (Å²) < 4.78 is 5.16. The lowest BCUT2D eigenvalue weighted by Gasteiger charge is -2.19. The standard InChI is InChI=1S/C16H19N3O2/c1-16(2,3)21-15(20)19-14-6-4-12(5-7-14)10-13(11-18)8-9-17/h4-7,13H,8,10H2,1-3H3,(H,19,20). The summed E-state index contributed by atoms with van der Waals surface area (Å²) in [5, 5.41) is 20.2. The molecule has 110 valence electrons. The fourth-order valence-corrected chi connectivity index (χ4v) is 1.70. The first-order valence-electron chi connectivity index (χ1n) is 6.69. The Balaban J connectivity index is 2.61. The molecule has 21 heavy (non-hydrogen) atoms. The van der Waals surface area contributed by atoms with E-state index in [4.69, 9.17) is 15.3 Å². The Morgan fingerprint density at radius 2 is 1.90 bits per heavy atom. The summed E-state index contributed by atoms with van der Waals surface area (Å²) in [5.41, 5.74) is 1.04. The van der Waals surface area contributed by atoms with E-state index in [1.807, 2.05) is 18.2 Å².